The van der Waals surface area contributed by atoms with Gasteiger partial charge in [0.05, 0.1) is 12.2 Å². The Hall–Kier alpha value is -0.790. The predicted molar refractivity (Wildman–Crippen MR) is 93.9 cm³/mol. The van der Waals surface area contributed by atoms with Gasteiger partial charge in [-0.3, -0.25) is 0 Å². The molecule has 0 bridgehead atoms. The Kier molecular flexibility index (Phi) is 5.87. The second kappa shape index (κ2) is 7.22. The predicted octanol–water partition coefficient (Wildman–Crippen LogP) is 4.55. The number of thiazole rings is 1. The monoisotopic (exact) mass is 512 g/mol. The van der Waals surface area contributed by atoms with Crippen molar-refractivity contribution in [2.45, 2.75) is 19.0 Å². The summed E-state index contributed by atoms with van der Waals surface area (Å²) >= 11 is 8.88. The van der Waals surface area contributed by atoms with Crippen LogP contribution in [0, 0.1) is 10.5 Å². The fourth-order valence-electron chi connectivity index (χ4n) is 1.58. The molecule has 0 aliphatic heterocycles. The van der Waals surface area contributed by atoms with E-state index in [4.69, 9.17) is 11.6 Å². The van der Waals surface area contributed by atoms with Crippen LogP contribution in [0.1, 0.15) is 10.4 Å². The molecule has 0 saturated heterocycles. The normalized spacial score (nSPS) is 12.2. The van der Waals surface area contributed by atoms with Crippen molar-refractivity contribution in [2.24, 2.45) is 0 Å². The quantitative estimate of drug-likeness (QED) is 0.362. The Morgan fingerprint density at radius 3 is 2.62 bits per heavy atom. The summed E-state index contributed by atoms with van der Waals surface area (Å²) < 4.78 is 65.4. The Morgan fingerprint density at radius 2 is 2.08 bits per heavy atom. The Labute approximate surface area is 158 Å². The number of benzene rings is 1. The number of halogens is 5. The molecule has 1 aromatic carbocycles. The van der Waals surface area contributed by atoms with Crippen molar-refractivity contribution >= 4 is 61.3 Å². The molecule has 0 atom stereocenters. The standard InChI is InChI=1S/C12H9ClF3IN2O3S2/c1-6-2-10(22-24(20,21)12(14,15)16)9(3-8(6)17)18-4-7-5-19-11(13)23-7/h2-3,5,18H,4H2,1H3. The highest BCUT2D eigenvalue weighted by Gasteiger charge is 2.48. The number of hydrogen-bond donors (Lipinski definition) is 1. The SMILES string of the molecule is Cc1cc(OS(=O)(=O)C(F)(F)F)c(NCc2cnc(Cl)s2)cc1I. The third-order valence-electron chi connectivity index (χ3n) is 2.72. The lowest BCUT2D eigenvalue weighted by atomic mass is 10.2. The number of anilines is 1. The lowest BCUT2D eigenvalue weighted by Crippen LogP contribution is -2.28. The molecule has 0 spiro atoms. The molecule has 0 amide bonds. The smallest absolute Gasteiger partial charge is 0.377 e. The highest BCUT2D eigenvalue weighted by molar-refractivity contribution is 14.1. The first-order valence-electron chi connectivity index (χ1n) is 6.14. The molecular formula is C12H9ClF3IN2O3S2. The fourth-order valence-corrected chi connectivity index (χ4v) is 3.43. The van der Waals surface area contributed by atoms with Gasteiger partial charge in [-0.1, -0.05) is 11.6 Å². The fraction of sp³-hybridized carbons (Fsp3) is 0.250. The van der Waals surface area contributed by atoms with E-state index in [-0.39, 0.29) is 12.2 Å². The minimum absolute atomic E-state index is 0.113. The van der Waals surface area contributed by atoms with Crippen LogP contribution in [0.4, 0.5) is 18.9 Å². The molecule has 0 fully saturated rings. The van der Waals surface area contributed by atoms with Gasteiger partial charge >= 0.3 is 15.6 Å². The molecule has 0 aliphatic rings. The topological polar surface area (TPSA) is 68.3 Å². The number of aryl methyl sites for hydroxylation is 1. The van der Waals surface area contributed by atoms with Gasteiger partial charge in [-0.2, -0.15) is 21.6 Å². The third kappa shape index (κ3) is 4.64. The first-order chi connectivity index (χ1) is 11.0. The average molecular weight is 513 g/mol. The molecule has 0 aliphatic carbocycles. The van der Waals surface area contributed by atoms with E-state index in [0.717, 1.165) is 8.45 Å². The largest absolute Gasteiger partial charge is 0.534 e. The molecule has 24 heavy (non-hydrogen) atoms. The highest BCUT2D eigenvalue weighted by Crippen LogP contribution is 2.34. The molecular weight excluding hydrogens is 504 g/mol. The first-order valence-corrected chi connectivity index (χ1v) is 9.83. The molecule has 2 rings (SSSR count). The summed E-state index contributed by atoms with van der Waals surface area (Å²) in [7, 11) is -5.76. The van der Waals surface area contributed by atoms with E-state index in [1.807, 2.05) is 22.6 Å². The molecule has 12 heteroatoms. The van der Waals surface area contributed by atoms with E-state index >= 15 is 0 Å². The lowest BCUT2D eigenvalue weighted by molar-refractivity contribution is -0.0499. The van der Waals surface area contributed by atoms with Gasteiger partial charge in [0.15, 0.2) is 10.2 Å². The number of hydrogen-bond acceptors (Lipinski definition) is 6. The van der Waals surface area contributed by atoms with E-state index < -0.39 is 21.4 Å². The molecule has 0 radical (unpaired) electrons. The molecule has 0 saturated carbocycles. The van der Waals surface area contributed by atoms with Crippen LogP contribution in [0.15, 0.2) is 18.3 Å². The van der Waals surface area contributed by atoms with E-state index in [0.29, 0.717) is 10.0 Å². The molecule has 1 aromatic heterocycles. The van der Waals surface area contributed by atoms with Gasteiger partial charge in [0.2, 0.25) is 0 Å². The lowest BCUT2D eigenvalue weighted by Gasteiger charge is -2.15. The third-order valence-corrected chi connectivity index (χ3v) is 5.97. The summed E-state index contributed by atoms with van der Waals surface area (Å²) in [6.07, 6.45) is 1.51. The van der Waals surface area contributed by atoms with Crippen molar-refractivity contribution in [1.82, 2.24) is 4.98 Å². The summed E-state index contributed by atoms with van der Waals surface area (Å²) in [6.45, 7) is 1.83. The van der Waals surface area contributed by atoms with Gasteiger partial charge in [-0.25, -0.2) is 4.98 Å². The van der Waals surface area contributed by atoms with Crippen LogP contribution in [0.25, 0.3) is 0 Å². The second-order valence-electron chi connectivity index (χ2n) is 4.51. The van der Waals surface area contributed by atoms with Crippen LogP contribution >= 0.6 is 45.5 Å². The summed E-state index contributed by atoms with van der Waals surface area (Å²) in [5, 5.41) is 2.84. The molecule has 1 N–H and O–H groups in total. The van der Waals surface area contributed by atoms with Gasteiger partial charge in [-0.05, 0) is 47.2 Å². The maximum atomic E-state index is 12.5. The molecule has 5 nitrogen and oxygen atoms in total. The Morgan fingerprint density at radius 1 is 1.42 bits per heavy atom. The average Bonchev–Trinajstić information content (AvgIpc) is 2.85. The van der Waals surface area contributed by atoms with Crippen molar-refractivity contribution in [3.63, 3.8) is 0 Å². The van der Waals surface area contributed by atoms with Crippen LogP contribution in [0.2, 0.25) is 4.47 Å². The number of nitrogens with zero attached hydrogens (tertiary/aromatic N) is 1. The number of aromatic nitrogens is 1. The summed E-state index contributed by atoms with van der Waals surface area (Å²) in [5.74, 6) is -0.430. The minimum Gasteiger partial charge on any atom is -0.377 e. The second-order valence-corrected chi connectivity index (χ2v) is 8.91. The van der Waals surface area contributed by atoms with Crippen molar-refractivity contribution in [1.29, 1.82) is 0 Å². The van der Waals surface area contributed by atoms with Crippen LogP contribution < -0.4 is 9.50 Å². The van der Waals surface area contributed by atoms with Crippen LogP contribution in [0.5, 0.6) is 5.75 Å². The van der Waals surface area contributed by atoms with E-state index in [1.165, 1.54) is 29.7 Å². The maximum absolute atomic E-state index is 12.5. The first kappa shape index (κ1) is 19.5. The number of nitrogens with one attached hydrogen (secondary N) is 1. The van der Waals surface area contributed by atoms with Gasteiger partial charge in [0, 0.05) is 14.6 Å². The molecule has 2 aromatic rings. The zero-order valence-electron chi connectivity index (χ0n) is 11.8. The maximum Gasteiger partial charge on any atom is 0.534 e. The van der Waals surface area contributed by atoms with Crippen LogP contribution in [-0.2, 0) is 16.7 Å². The van der Waals surface area contributed by atoms with Crippen molar-refractivity contribution in [3.05, 3.63) is 36.8 Å². The van der Waals surface area contributed by atoms with Gasteiger partial charge in [-0.15, -0.1) is 11.3 Å². The van der Waals surface area contributed by atoms with Crippen molar-refractivity contribution in [3.8, 4) is 5.75 Å². The number of rotatable bonds is 5. The summed E-state index contributed by atoms with van der Waals surface area (Å²) in [4.78, 5) is 4.56. The zero-order chi connectivity index (χ0) is 18.1. The molecule has 0 unspecified atom stereocenters. The Balaban J connectivity index is 2.31. The van der Waals surface area contributed by atoms with Gasteiger partial charge in [0.1, 0.15) is 0 Å². The zero-order valence-corrected chi connectivity index (χ0v) is 16.4. The van der Waals surface area contributed by atoms with Gasteiger partial charge < -0.3 is 9.50 Å². The summed E-state index contributed by atoms with van der Waals surface area (Å²) in [6, 6.07) is 2.73. The van der Waals surface area contributed by atoms with Crippen LogP contribution in [-0.4, -0.2) is 18.9 Å². The van der Waals surface area contributed by atoms with Crippen molar-refractivity contribution < 1.29 is 25.8 Å². The van der Waals surface area contributed by atoms with E-state index in [2.05, 4.69) is 14.5 Å². The molecule has 132 valence electrons. The van der Waals surface area contributed by atoms with Crippen molar-refractivity contribution in [2.75, 3.05) is 5.32 Å². The highest BCUT2D eigenvalue weighted by atomic mass is 127. The Bertz CT molecular complexity index is 856. The minimum atomic E-state index is -5.76. The number of alkyl halides is 3. The van der Waals surface area contributed by atoms with E-state index in [9.17, 15) is 21.6 Å². The van der Waals surface area contributed by atoms with E-state index in [1.54, 1.807) is 6.92 Å². The molecule has 1 heterocycles. The summed E-state index contributed by atoms with van der Waals surface area (Å²) in [5.41, 5.74) is -4.82. The van der Waals surface area contributed by atoms with Crippen LogP contribution in [0.3, 0.4) is 0 Å². The van der Waals surface area contributed by atoms with Gasteiger partial charge in [0.25, 0.3) is 0 Å².